The lowest BCUT2D eigenvalue weighted by molar-refractivity contribution is 0.195. The number of hydrogen-bond acceptors (Lipinski definition) is 3. The van der Waals surface area contributed by atoms with Crippen molar-refractivity contribution in [2.24, 2.45) is 0 Å². The molecule has 3 heteroatoms. The molecule has 0 amide bonds. The zero-order valence-electron chi connectivity index (χ0n) is 9.73. The molecule has 0 spiro atoms. The van der Waals surface area contributed by atoms with Gasteiger partial charge in [-0.1, -0.05) is 6.07 Å². The minimum atomic E-state index is -0.636. The summed E-state index contributed by atoms with van der Waals surface area (Å²) >= 11 is 0. The fourth-order valence-electron chi connectivity index (χ4n) is 1.40. The molecule has 15 heavy (non-hydrogen) atoms. The van der Waals surface area contributed by atoms with Gasteiger partial charge in [0.05, 0.1) is 6.10 Å². The van der Waals surface area contributed by atoms with Crippen LogP contribution in [0.4, 0.5) is 5.69 Å². The summed E-state index contributed by atoms with van der Waals surface area (Å²) in [6.45, 7) is 5.81. The van der Waals surface area contributed by atoms with Gasteiger partial charge in [-0.15, -0.1) is 0 Å². The number of aromatic hydroxyl groups is 1. The average molecular weight is 209 g/mol. The molecule has 84 valence electrons. The molecule has 1 unspecified atom stereocenters. The van der Waals surface area contributed by atoms with Gasteiger partial charge in [-0.25, -0.2) is 0 Å². The molecule has 1 aromatic rings. The van der Waals surface area contributed by atoms with Crippen LogP contribution in [0.2, 0.25) is 0 Å². The standard InChI is InChI=1S/C12H19NO2/c1-8(2)13(4)10-5-6-11(9(3)14)12(15)7-10/h5-9,14-15H,1-4H3. The molecule has 0 fully saturated rings. The molecular weight excluding hydrogens is 190 g/mol. The van der Waals surface area contributed by atoms with Crippen molar-refractivity contribution in [1.82, 2.24) is 0 Å². The van der Waals surface area contributed by atoms with Crippen molar-refractivity contribution in [3.63, 3.8) is 0 Å². The predicted molar refractivity (Wildman–Crippen MR) is 62.3 cm³/mol. The Morgan fingerprint density at radius 3 is 2.20 bits per heavy atom. The SMILES string of the molecule is CC(O)c1ccc(N(C)C(C)C)cc1O. The Bertz CT molecular complexity index is 334. The molecule has 0 aliphatic carbocycles. The van der Waals surface area contributed by atoms with Gasteiger partial charge < -0.3 is 15.1 Å². The molecule has 2 N–H and O–H groups in total. The van der Waals surface area contributed by atoms with E-state index in [0.29, 0.717) is 11.6 Å². The van der Waals surface area contributed by atoms with Gasteiger partial charge >= 0.3 is 0 Å². The maximum atomic E-state index is 9.71. The van der Waals surface area contributed by atoms with Crippen molar-refractivity contribution >= 4 is 5.69 Å². The van der Waals surface area contributed by atoms with Gasteiger partial charge in [0.2, 0.25) is 0 Å². The van der Waals surface area contributed by atoms with Crippen LogP contribution in [-0.2, 0) is 0 Å². The Hall–Kier alpha value is -1.22. The fraction of sp³-hybridized carbons (Fsp3) is 0.500. The quantitative estimate of drug-likeness (QED) is 0.802. The number of aliphatic hydroxyl groups is 1. The first-order valence-electron chi connectivity index (χ1n) is 5.17. The second kappa shape index (κ2) is 4.53. The van der Waals surface area contributed by atoms with E-state index in [1.807, 2.05) is 13.1 Å². The Labute approximate surface area is 91.0 Å². The highest BCUT2D eigenvalue weighted by atomic mass is 16.3. The van der Waals surface area contributed by atoms with E-state index in [9.17, 15) is 10.2 Å². The van der Waals surface area contributed by atoms with Crippen molar-refractivity contribution in [3.05, 3.63) is 23.8 Å². The van der Waals surface area contributed by atoms with Crippen LogP contribution in [0.15, 0.2) is 18.2 Å². The minimum absolute atomic E-state index is 0.148. The van der Waals surface area contributed by atoms with Gasteiger partial charge in [-0.2, -0.15) is 0 Å². The number of phenols is 1. The third kappa shape index (κ3) is 2.63. The van der Waals surface area contributed by atoms with E-state index < -0.39 is 6.10 Å². The van der Waals surface area contributed by atoms with Crippen LogP contribution in [0.5, 0.6) is 5.75 Å². The Balaban J connectivity index is 3.01. The van der Waals surface area contributed by atoms with E-state index in [2.05, 4.69) is 18.7 Å². The summed E-state index contributed by atoms with van der Waals surface area (Å²) in [5, 5.41) is 19.1. The average Bonchev–Trinajstić information content (AvgIpc) is 2.15. The van der Waals surface area contributed by atoms with Gasteiger partial charge in [0.25, 0.3) is 0 Å². The summed E-state index contributed by atoms with van der Waals surface area (Å²) < 4.78 is 0. The molecular formula is C12H19NO2. The van der Waals surface area contributed by atoms with Crippen molar-refractivity contribution < 1.29 is 10.2 Å². The molecule has 1 aromatic carbocycles. The first-order chi connectivity index (χ1) is 6.93. The lowest BCUT2D eigenvalue weighted by Gasteiger charge is -2.24. The third-order valence-electron chi connectivity index (χ3n) is 2.65. The summed E-state index contributed by atoms with van der Waals surface area (Å²) in [4.78, 5) is 2.06. The van der Waals surface area contributed by atoms with Crippen LogP contribution in [0.1, 0.15) is 32.4 Å². The normalized spacial score (nSPS) is 12.9. The maximum Gasteiger partial charge on any atom is 0.123 e. The second-order valence-corrected chi connectivity index (χ2v) is 4.12. The number of benzene rings is 1. The first-order valence-corrected chi connectivity index (χ1v) is 5.17. The van der Waals surface area contributed by atoms with E-state index in [1.54, 1.807) is 19.1 Å². The zero-order chi connectivity index (χ0) is 11.6. The third-order valence-corrected chi connectivity index (χ3v) is 2.65. The number of phenolic OH excluding ortho intramolecular Hbond substituents is 1. The Kier molecular flexibility index (Phi) is 3.58. The predicted octanol–water partition coefficient (Wildman–Crippen LogP) is 2.29. The zero-order valence-corrected chi connectivity index (χ0v) is 9.73. The molecule has 0 aliphatic heterocycles. The molecule has 0 saturated heterocycles. The van der Waals surface area contributed by atoms with Crippen LogP contribution in [-0.4, -0.2) is 23.3 Å². The topological polar surface area (TPSA) is 43.7 Å². The molecule has 0 saturated carbocycles. The number of aliphatic hydroxyl groups excluding tert-OH is 1. The largest absolute Gasteiger partial charge is 0.507 e. The van der Waals surface area contributed by atoms with Crippen LogP contribution < -0.4 is 4.90 Å². The van der Waals surface area contributed by atoms with Crippen molar-refractivity contribution in [2.45, 2.75) is 32.9 Å². The van der Waals surface area contributed by atoms with E-state index >= 15 is 0 Å². The molecule has 1 rings (SSSR count). The van der Waals surface area contributed by atoms with Gasteiger partial charge in [0.1, 0.15) is 5.75 Å². The summed E-state index contributed by atoms with van der Waals surface area (Å²) in [6, 6.07) is 5.72. The van der Waals surface area contributed by atoms with E-state index in [-0.39, 0.29) is 5.75 Å². The smallest absolute Gasteiger partial charge is 0.123 e. The molecule has 0 aliphatic rings. The number of anilines is 1. The number of rotatable bonds is 3. The summed E-state index contributed by atoms with van der Waals surface area (Å²) in [5.74, 6) is 0.148. The Morgan fingerprint density at radius 1 is 1.20 bits per heavy atom. The molecule has 0 heterocycles. The van der Waals surface area contributed by atoms with Crippen molar-refractivity contribution in [2.75, 3.05) is 11.9 Å². The van der Waals surface area contributed by atoms with Gasteiger partial charge in [-0.3, -0.25) is 0 Å². The maximum absolute atomic E-state index is 9.71. The van der Waals surface area contributed by atoms with Crippen molar-refractivity contribution in [3.8, 4) is 5.75 Å². The number of nitrogens with zero attached hydrogens (tertiary/aromatic N) is 1. The minimum Gasteiger partial charge on any atom is -0.507 e. The van der Waals surface area contributed by atoms with E-state index in [0.717, 1.165) is 5.69 Å². The lowest BCUT2D eigenvalue weighted by Crippen LogP contribution is -2.25. The molecule has 0 radical (unpaired) electrons. The second-order valence-electron chi connectivity index (χ2n) is 4.12. The van der Waals surface area contributed by atoms with Crippen LogP contribution in [0, 0.1) is 0 Å². The van der Waals surface area contributed by atoms with E-state index in [4.69, 9.17) is 0 Å². The van der Waals surface area contributed by atoms with E-state index in [1.165, 1.54) is 0 Å². The molecule has 1 atom stereocenters. The van der Waals surface area contributed by atoms with Crippen LogP contribution in [0.3, 0.4) is 0 Å². The lowest BCUT2D eigenvalue weighted by atomic mass is 10.1. The molecule has 3 nitrogen and oxygen atoms in total. The highest BCUT2D eigenvalue weighted by Crippen LogP contribution is 2.29. The summed E-state index contributed by atoms with van der Waals surface area (Å²) in [6.07, 6.45) is -0.636. The van der Waals surface area contributed by atoms with Crippen LogP contribution in [0.25, 0.3) is 0 Å². The van der Waals surface area contributed by atoms with Gasteiger partial charge in [-0.05, 0) is 26.8 Å². The van der Waals surface area contributed by atoms with Crippen LogP contribution >= 0.6 is 0 Å². The van der Waals surface area contributed by atoms with Gasteiger partial charge in [0, 0.05) is 30.4 Å². The monoisotopic (exact) mass is 209 g/mol. The first kappa shape index (κ1) is 11.9. The fourth-order valence-corrected chi connectivity index (χ4v) is 1.40. The van der Waals surface area contributed by atoms with Crippen molar-refractivity contribution in [1.29, 1.82) is 0 Å². The summed E-state index contributed by atoms with van der Waals surface area (Å²) in [5.41, 5.74) is 1.52. The molecule has 0 bridgehead atoms. The highest BCUT2D eigenvalue weighted by Gasteiger charge is 2.10. The highest BCUT2D eigenvalue weighted by molar-refractivity contribution is 5.53. The Morgan fingerprint density at radius 2 is 1.80 bits per heavy atom. The summed E-state index contributed by atoms with van der Waals surface area (Å²) in [7, 11) is 1.97. The van der Waals surface area contributed by atoms with Gasteiger partial charge in [0.15, 0.2) is 0 Å². The molecule has 0 aromatic heterocycles. The number of hydrogen-bond donors (Lipinski definition) is 2.